The lowest BCUT2D eigenvalue weighted by Crippen LogP contribution is -2.38. The van der Waals surface area contributed by atoms with Crippen molar-refractivity contribution in [1.29, 1.82) is 0 Å². The Morgan fingerprint density at radius 3 is 2.78 bits per heavy atom. The number of carbonyl (C=O) groups excluding carboxylic acids is 2. The van der Waals surface area contributed by atoms with Crippen molar-refractivity contribution in [3.8, 4) is 0 Å². The van der Waals surface area contributed by atoms with E-state index < -0.39 is 5.92 Å². The van der Waals surface area contributed by atoms with Crippen LogP contribution in [0.5, 0.6) is 0 Å². The Morgan fingerprint density at radius 2 is 2.22 bits per heavy atom. The first-order valence-electron chi connectivity index (χ1n) is 6.44. The monoisotopic (exact) mass is 255 g/mol. The molecular weight excluding hydrogens is 234 g/mol. The number of unbranched alkanes of at least 4 members (excludes halogenated alkanes) is 2. The molecule has 1 N–H and O–H groups in total. The quantitative estimate of drug-likeness (QED) is 0.353. The summed E-state index contributed by atoms with van der Waals surface area (Å²) in [5.41, 5.74) is 0.377. The highest BCUT2D eigenvalue weighted by molar-refractivity contribution is 6.07. The molecule has 1 aliphatic rings. The van der Waals surface area contributed by atoms with Crippen LogP contribution >= 0.6 is 0 Å². The van der Waals surface area contributed by atoms with Crippen molar-refractivity contribution in [2.75, 3.05) is 7.11 Å². The molecule has 0 aromatic heterocycles. The molecule has 1 rings (SSSR count). The summed E-state index contributed by atoms with van der Waals surface area (Å²) in [7, 11) is 1.32. The molecule has 102 valence electrons. The number of ketones is 1. The molecule has 0 bridgehead atoms. The predicted octanol–water partition coefficient (Wildman–Crippen LogP) is 2.17. The summed E-state index contributed by atoms with van der Waals surface area (Å²) in [6, 6.07) is 0. The van der Waals surface area contributed by atoms with Crippen LogP contribution in [0, 0.1) is 11.8 Å². The molecule has 18 heavy (non-hydrogen) atoms. The molecule has 5 nitrogen and oxygen atoms in total. The average molecular weight is 255 g/mol. The molecule has 2 atom stereocenters. The van der Waals surface area contributed by atoms with Crippen molar-refractivity contribution >= 4 is 17.5 Å². The number of rotatable bonds is 5. The molecule has 0 aliphatic heterocycles. The summed E-state index contributed by atoms with van der Waals surface area (Å²) in [5.74, 6) is -1.17. The fraction of sp³-hybridized carbons (Fsp3) is 0.769. The van der Waals surface area contributed by atoms with E-state index in [2.05, 4.69) is 12.1 Å². The van der Waals surface area contributed by atoms with Gasteiger partial charge in [-0.2, -0.15) is 0 Å². The third kappa shape index (κ3) is 3.55. The molecule has 0 saturated heterocycles. The van der Waals surface area contributed by atoms with Crippen molar-refractivity contribution < 1.29 is 19.5 Å². The van der Waals surface area contributed by atoms with Gasteiger partial charge in [0.15, 0.2) is 0 Å². The lowest BCUT2D eigenvalue weighted by molar-refractivity contribution is -0.150. The zero-order chi connectivity index (χ0) is 13.5. The molecule has 5 heteroatoms. The molecule has 1 fully saturated rings. The number of nitrogens with zero attached hydrogens (tertiary/aromatic N) is 1. The summed E-state index contributed by atoms with van der Waals surface area (Å²) in [4.78, 5) is 23.7. The maximum atomic E-state index is 12.0. The smallest absolute Gasteiger partial charge is 0.309 e. The molecule has 0 radical (unpaired) electrons. The summed E-state index contributed by atoms with van der Waals surface area (Å²) in [6.07, 6.45) is 4.26. The Balaban J connectivity index is 2.75. The minimum atomic E-state index is -0.487. The van der Waals surface area contributed by atoms with Crippen LogP contribution in [0.1, 0.15) is 45.4 Å². The highest BCUT2D eigenvalue weighted by Crippen LogP contribution is 2.31. The number of methoxy groups -OCH3 is 1. The van der Waals surface area contributed by atoms with Gasteiger partial charge in [0.2, 0.25) is 0 Å². The van der Waals surface area contributed by atoms with Crippen LogP contribution in [0.4, 0.5) is 0 Å². The van der Waals surface area contributed by atoms with Gasteiger partial charge in [-0.25, -0.2) is 0 Å². The van der Waals surface area contributed by atoms with Gasteiger partial charge in [0, 0.05) is 18.8 Å². The first kappa shape index (κ1) is 14.7. The SMILES string of the molecule is CCCCCC1C(=O)C/C(=N/O)CC1C(=O)OC. The lowest BCUT2D eigenvalue weighted by Gasteiger charge is -2.28. The summed E-state index contributed by atoms with van der Waals surface area (Å²) < 4.78 is 4.74. The number of hydrogen-bond donors (Lipinski definition) is 1. The zero-order valence-electron chi connectivity index (χ0n) is 11.0. The van der Waals surface area contributed by atoms with Gasteiger partial charge < -0.3 is 9.94 Å². The standard InChI is InChI=1S/C13H21NO4/c1-3-4-5-6-10-11(13(16)18-2)7-9(14-17)8-12(10)15/h10-11,17H,3-8H2,1-2H3/b14-9+. The van der Waals surface area contributed by atoms with Crippen LogP contribution in [0.2, 0.25) is 0 Å². The normalized spacial score (nSPS) is 26.3. The first-order chi connectivity index (χ1) is 8.63. The lowest BCUT2D eigenvalue weighted by atomic mass is 9.75. The van der Waals surface area contributed by atoms with Gasteiger partial charge in [0.1, 0.15) is 5.78 Å². The Bertz CT molecular complexity index is 338. The van der Waals surface area contributed by atoms with E-state index in [4.69, 9.17) is 9.94 Å². The van der Waals surface area contributed by atoms with Gasteiger partial charge >= 0.3 is 5.97 Å². The minimum Gasteiger partial charge on any atom is -0.469 e. The second-order valence-corrected chi connectivity index (χ2v) is 4.75. The van der Waals surface area contributed by atoms with Gasteiger partial charge in [-0.05, 0) is 6.42 Å². The summed E-state index contributed by atoms with van der Waals surface area (Å²) >= 11 is 0. The van der Waals surface area contributed by atoms with E-state index in [-0.39, 0.29) is 24.1 Å². The molecule has 0 heterocycles. The van der Waals surface area contributed by atoms with E-state index in [0.717, 1.165) is 19.3 Å². The van der Waals surface area contributed by atoms with E-state index in [1.54, 1.807) is 0 Å². The minimum absolute atomic E-state index is 0.0134. The second kappa shape index (κ2) is 7.13. The van der Waals surface area contributed by atoms with Gasteiger partial charge in [0.05, 0.1) is 18.7 Å². The van der Waals surface area contributed by atoms with Gasteiger partial charge in [-0.3, -0.25) is 9.59 Å². The number of esters is 1. The number of ether oxygens (including phenoxy) is 1. The zero-order valence-corrected chi connectivity index (χ0v) is 11.0. The maximum absolute atomic E-state index is 12.0. The fourth-order valence-electron chi connectivity index (χ4n) is 2.48. The van der Waals surface area contributed by atoms with E-state index in [0.29, 0.717) is 18.6 Å². The highest BCUT2D eigenvalue weighted by Gasteiger charge is 2.39. The maximum Gasteiger partial charge on any atom is 0.309 e. The van der Waals surface area contributed by atoms with Crippen LogP contribution in [0.15, 0.2) is 5.16 Å². The third-order valence-electron chi connectivity index (χ3n) is 3.50. The average Bonchev–Trinajstić information content (AvgIpc) is 2.39. The van der Waals surface area contributed by atoms with E-state index >= 15 is 0 Å². The number of oxime groups is 1. The summed E-state index contributed by atoms with van der Waals surface area (Å²) in [6.45, 7) is 2.09. The number of hydrogen-bond acceptors (Lipinski definition) is 5. The van der Waals surface area contributed by atoms with Crippen LogP contribution < -0.4 is 0 Å². The van der Waals surface area contributed by atoms with Crippen molar-refractivity contribution in [3.05, 3.63) is 0 Å². The Hall–Kier alpha value is -1.39. The van der Waals surface area contributed by atoms with Crippen molar-refractivity contribution in [2.45, 2.75) is 45.4 Å². The third-order valence-corrected chi connectivity index (χ3v) is 3.50. The highest BCUT2D eigenvalue weighted by atomic mass is 16.5. The molecule has 1 aliphatic carbocycles. The van der Waals surface area contributed by atoms with Gasteiger partial charge in [-0.15, -0.1) is 0 Å². The molecule has 2 unspecified atom stereocenters. The van der Waals surface area contributed by atoms with Crippen LogP contribution in [-0.4, -0.2) is 29.8 Å². The van der Waals surface area contributed by atoms with Gasteiger partial charge in [-0.1, -0.05) is 31.3 Å². The molecule has 0 amide bonds. The number of carbonyl (C=O) groups is 2. The fourth-order valence-corrected chi connectivity index (χ4v) is 2.48. The number of Topliss-reactive ketones (excluding diaryl/α,β-unsaturated/α-hetero) is 1. The second-order valence-electron chi connectivity index (χ2n) is 4.75. The summed E-state index contributed by atoms with van der Waals surface area (Å²) in [5, 5.41) is 11.8. The van der Waals surface area contributed by atoms with Crippen molar-refractivity contribution in [3.63, 3.8) is 0 Å². The van der Waals surface area contributed by atoms with Crippen LogP contribution in [0.25, 0.3) is 0 Å². The van der Waals surface area contributed by atoms with Crippen LogP contribution in [0.3, 0.4) is 0 Å². The van der Waals surface area contributed by atoms with Crippen molar-refractivity contribution in [2.24, 2.45) is 17.0 Å². The molecule has 0 spiro atoms. The predicted molar refractivity (Wildman–Crippen MR) is 66.6 cm³/mol. The topological polar surface area (TPSA) is 76.0 Å². The van der Waals surface area contributed by atoms with E-state index in [9.17, 15) is 9.59 Å². The van der Waals surface area contributed by atoms with E-state index in [1.165, 1.54) is 7.11 Å². The Labute approximate surface area is 107 Å². The van der Waals surface area contributed by atoms with Gasteiger partial charge in [0.25, 0.3) is 0 Å². The molecule has 0 aromatic carbocycles. The molecular formula is C13H21NO4. The Morgan fingerprint density at radius 1 is 1.50 bits per heavy atom. The molecule has 1 saturated carbocycles. The first-order valence-corrected chi connectivity index (χ1v) is 6.44. The molecule has 0 aromatic rings. The Kier molecular flexibility index (Phi) is 5.82. The van der Waals surface area contributed by atoms with Crippen LogP contribution in [-0.2, 0) is 14.3 Å². The van der Waals surface area contributed by atoms with E-state index in [1.807, 2.05) is 0 Å². The van der Waals surface area contributed by atoms with Crippen molar-refractivity contribution in [1.82, 2.24) is 0 Å². The largest absolute Gasteiger partial charge is 0.469 e.